The van der Waals surface area contributed by atoms with E-state index in [1.165, 1.54) is 0 Å². The predicted molar refractivity (Wildman–Crippen MR) is 94.4 cm³/mol. The zero-order valence-electron chi connectivity index (χ0n) is 15.5. The van der Waals surface area contributed by atoms with E-state index in [9.17, 15) is 0 Å². The molecule has 0 saturated carbocycles. The summed E-state index contributed by atoms with van der Waals surface area (Å²) in [5, 5.41) is 1.80. The molecule has 0 aliphatic carbocycles. The van der Waals surface area contributed by atoms with E-state index in [0.717, 1.165) is 5.39 Å². The lowest BCUT2D eigenvalue weighted by Gasteiger charge is -2.32. The third kappa shape index (κ3) is 2.13. The molecule has 0 radical (unpaired) electrons. The molecule has 4 rings (SSSR count). The summed E-state index contributed by atoms with van der Waals surface area (Å²) in [7, 11) is -0.685. The summed E-state index contributed by atoms with van der Waals surface area (Å²) in [6.07, 6.45) is 0. The van der Waals surface area contributed by atoms with Gasteiger partial charge in [0.1, 0.15) is 5.58 Å². The van der Waals surface area contributed by atoms with Crippen LogP contribution in [0.2, 0.25) is 5.02 Å². The average molecular weight is 331 g/mol. The SMILES string of the molecule is [2H]c1cc(Cl)c2oc3ccc([2H])c(B4OC(C)(C)C(C)(C)O4)c3c2c1. The van der Waals surface area contributed by atoms with Crippen LogP contribution in [0, 0.1) is 0 Å². The standard InChI is InChI=1S/C18H18BClO3/c1-17(2)18(3,4)23-19(22-17)12-8-6-10-14-15(12)11-7-5-9-13(20)16(11)21-14/h5-10H,1-4H3/i5D,8D. The Labute approximate surface area is 143 Å². The van der Waals surface area contributed by atoms with Crippen molar-refractivity contribution in [1.82, 2.24) is 0 Å². The number of rotatable bonds is 1. The smallest absolute Gasteiger partial charge is 0.455 e. The monoisotopic (exact) mass is 330 g/mol. The molecule has 5 heteroatoms. The number of halogens is 1. The van der Waals surface area contributed by atoms with E-state index >= 15 is 0 Å². The van der Waals surface area contributed by atoms with Gasteiger partial charge in [0.2, 0.25) is 0 Å². The molecular weight excluding hydrogens is 310 g/mol. The molecule has 23 heavy (non-hydrogen) atoms. The summed E-state index contributed by atoms with van der Waals surface area (Å²) in [6.45, 7) is 7.90. The molecule has 0 unspecified atom stereocenters. The van der Waals surface area contributed by atoms with Gasteiger partial charge in [0.15, 0.2) is 5.58 Å². The Bertz CT molecular complexity index is 997. The maximum absolute atomic E-state index is 8.42. The van der Waals surface area contributed by atoms with Gasteiger partial charge in [-0.05, 0) is 45.3 Å². The first kappa shape index (κ1) is 12.9. The Morgan fingerprint density at radius 3 is 2.48 bits per heavy atom. The first-order valence-electron chi connectivity index (χ1n) is 8.58. The lowest BCUT2D eigenvalue weighted by molar-refractivity contribution is 0.00578. The molecule has 0 N–H and O–H groups in total. The van der Waals surface area contributed by atoms with E-state index in [4.69, 9.17) is 28.1 Å². The lowest BCUT2D eigenvalue weighted by atomic mass is 9.76. The maximum Gasteiger partial charge on any atom is 0.495 e. The molecule has 0 spiro atoms. The molecule has 1 aliphatic heterocycles. The quantitative estimate of drug-likeness (QED) is 0.614. The molecule has 1 saturated heterocycles. The second-order valence-electron chi connectivity index (χ2n) is 6.87. The van der Waals surface area contributed by atoms with Crippen molar-refractivity contribution in [3.05, 3.63) is 41.4 Å². The van der Waals surface area contributed by atoms with Gasteiger partial charge in [0.05, 0.1) is 19.0 Å². The number of benzene rings is 2. The second kappa shape index (κ2) is 4.76. The van der Waals surface area contributed by atoms with Crippen molar-refractivity contribution in [1.29, 1.82) is 0 Å². The fraction of sp³-hybridized carbons (Fsp3) is 0.333. The van der Waals surface area contributed by atoms with E-state index in [1.807, 2.05) is 27.7 Å². The van der Waals surface area contributed by atoms with Crippen LogP contribution in [0.3, 0.4) is 0 Å². The number of hydrogen-bond donors (Lipinski definition) is 0. The van der Waals surface area contributed by atoms with Crippen molar-refractivity contribution in [3.63, 3.8) is 0 Å². The van der Waals surface area contributed by atoms with Crippen LogP contribution in [0.25, 0.3) is 21.9 Å². The van der Waals surface area contributed by atoms with Gasteiger partial charge in [-0.2, -0.15) is 0 Å². The third-order valence-electron chi connectivity index (χ3n) is 4.86. The second-order valence-corrected chi connectivity index (χ2v) is 7.27. The molecule has 3 nitrogen and oxygen atoms in total. The lowest BCUT2D eigenvalue weighted by Crippen LogP contribution is -2.41. The van der Waals surface area contributed by atoms with Crippen LogP contribution in [0.1, 0.15) is 30.4 Å². The fourth-order valence-electron chi connectivity index (χ4n) is 2.86. The average Bonchev–Trinajstić information content (AvgIpc) is 2.94. The third-order valence-corrected chi connectivity index (χ3v) is 5.14. The van der Waals surface area contributed by atoms with Crippen LogP contribution in [0.4, 0.5) is 0 Å². The van der Waals surface area contributed by atoms with Crippen molar-refractivity contribution >= 4 is 46.1 Å². The number of para-hydroxylation sites is 1. The van der Waals surface area contributed by atoms with Crippen molar-refractivity contribution in [2.75, 3.05) is 0 Å². The summed E-state index contributed by atoms with van der Waals surface area (Å²) < 4.78 is 34.6. The van der Waals surface area contributed by atoms with Gasteiger partial charge < -0.3 is 13.7 Å². The molecule has 0 amide bonds. The largest absolute Gasteiger partial charge is 0.495 e. The Hall–Kier alpha value is -1.49. The molecule has 1 fully saturated rings. The van der Waals surface area contributed by atoms with Crippen LogP contribution >= 0.6 is 11.6 Å². The van der Waals surface area contributed by atoms with Crippen molar-refractivity contribution in [3.8, 4) is 0 Å². The highest BCUT2D eigenvalue weighted by molar-refractivity contribution is 6.66. The minimum absolute atomic E-state index is 0.287. The summed E-state index contributed by atoms with van der Waals surface area (Å²) in [5.74, 6) is 0. The summed E-state index contributed by atoms with van der Waals surface area (Å²) in [5.41, 5.74) is 0.699. The zero-order chi connectivity index (χ0) is 18.1. The summed E-state index contributed by atoms with van der Waals surface area (Å²) in [6, 6.07) is 7.24. The molecule has 0 atom stereocenters. The maximum atomic E-state index is 8.42. The normalized spacial score (nSPS) is 21.0. The zero-order valence-corrected chi connectivity index (χ0v) is 14.2. The topological polar surface area (TPSA) is 31.6 Å². The molecule has 2 heterocycles. The van der Waals surface area contributed by atoms with Gasteiger partial charge in [-0.3, -0.25) is 0 Å². The molecule has 118 valence electrons. The van der Waals surface area contributed by atoms with Crippen molar-refractivity contribution < 1.29 is 16.5 Å². The van der Waals surface area contributed by atoms with E-state index in [-0.39, 0.29) is 6.04 Å². The van der Waals surface area contributed by atoms with Gasteiger partial charge in [-0.25, -0.2) is 0 Å². The minimum Gasteiger partial charge on any atom is -0.455 e. The molecule has 0 bridgehead atoms. The van der Waals surface area contributed by atoms with Crippen LogP contribution in [0.15, 0.2) is 40.8 Å². The van der Waals surface area contributed by atoms with Gasteiger partial charge in [0, 0.05) is 10.8 Å². The highest BCUT2D eigenvalue weighted by atomic mass is 35.5. The highest BCUT2D eigenvalue weighted by Gasteiger charge is 2.52. The predicted octanol–water partition coefficient (Wildman–Crippen LogP) is 4.54. The van der Waals surface area contributed by atoms with Gasteiger partial charge in [-0.1, -0.05) is 35.8 Å². The van der Waals surface area contributed by atoms with E-state index < -0.39 is 18.3 Å². The van der Waals surface area contributed by atoms with Gasteiger partial charge in [0.25, 0.3) is 0 Å². The highest BCUT2D eigenvalue weighted by Crippen LogP contribution is 2.38. The van der Waals surface area contributed by atoms with Crippen LogP contribution in [0.5, 0.6) is 0 Å². The van der Waals surface area contributed by atoms with E-state index in [2.05, 4.69) is 0 Å². The van der Waals surface area contributed by atoms with Crippen LogP contribution in [-0.4, -0.2) is 18.3 Å². The Balaban J connectivity index is 2.03. The van der Waals surface area contributed by atoms with Crippen molar-refractivity contribution in [2.24, 2.45) is 0 Å². The minimum atomic E-state index is -0.685. The molecule has 3 aromatic rings. The first-order chi connectivity index (χ1) is 11.6. The van der Waals surface area contributed by atoms with Crippen LogP contribution in [-0.2, 0) is 9.31 Å². The molecular formula is C18H18BClO3. The fourth-order valence-corrected chi connectivity index (χ4v) is 3.07. The number of hydrogen-bond acceptors (Lipinski definition) is 3. The summed E-state index contributed by atoms with van der Waals surface area (Å²) in [4.78, 5) is 0. The van der Waals surface area contributed by atoms with Gasteiger partial charge >= 0.3 is 7.12 Å². The Morgan fingerprint density at radius 2 is 1.78 bits per heavy atom. The molecule has 2 aromatic carbocycles. The number of fused-ring (bicyclic) bond motifs is 3. The van der Waals surface area contributed by atoms with Gasteiger partial charge in [-0.15, -0.1) is 0 Å². The molecule has 1 aliphatic rings. The number of furan rings is 1. The summed E-state index contributed by atoms with van der Waals surface area (Å²) >= 11 is 6.25. The Morgan fingerprint density at radius 1 is 1.09 bits per heavy atom. The van der Waals surface area contributed by atoms with E-state index in [1.54, 1.807) is 24.3 Å². The van der Waals surface area contributed by atoms with Crippen molar-refractivity contribution in [2.45, 2.75) is 38.9 Å². The first-order valence-corrected chi connectivity index (χ1v) is 7.96. The van der Waals surface area contributed by atoms with E-state index in [0.29, 0.717) is 33.1 Å². The Kier molecular flexibility index (Phi) is 2.67. The van der Waals surface area contributed by atoms with Crippen LogP contribution < -0.4 is 5.46 Å². The molecule has 1 aromatic heterocycles.